The first kappa shape index (κ1) is 28.2. The van der Waals surface area contributed by atoms with Gasteiger partial charge in [-0.2, -0.15) is 0 Å². The Morgan fingerprint density at radius 2 is 0.740 bits per heavy atom. The van der Waals surface area contributed by atoms with Crippen LogP contribution in [-0.4, -0.2) is 15.0 Å². The second-order valence-electron chi connectivity index (χ2n) is 12.4. The summed E-state index contributed by atoms with van der Waals surface area (Å²) in [6.45, 7) is 0. The van der Waals surface area contributed by atoms with E-state index in [0.717, 1.165) is 82.8 Å². The lowest BCUT2D eigenvalue weighted by atomic mass is 9.91. The van der Waals surface area contributed by atoms with Crippen LogP contribution in [0.5, 0.6) is 0 Å². The van der Waals surface area contributed by atoms with Crippen LogP contribution in [0.2, 0.25) is 0 Å². The van der Waals surface area contributed by atoms with Crippen LogP contribution >= 0.6 is 0 Å². The summed E-state index contributed by atoms with van der Waals surface area (Å²) in [5.74, 6) is 1.86. The average Bonchev–Trinajstić information content (AvgIpc) is 3.75. The second kappa shape index (κ2) is 11.4. The van der Waals surface area contributed by atoms with E-state index in [-0.39, 0.29) is 0 Å². The minimum Gasteiger partial charge on any atom is -0.456 e. The van der Waals surface area contributed by atoms with E-state index in [1.165, 1.54) is 0 Å². The van der Waals surface area contributed by atoms with Gasteiger partial charge in [0.05, 0.1) is 0 Å². The van der Waals surface area contributed by atoms with Crippen LogP contribution in [-0.2, 0) is 0 Å². The molecule has 10 aromatic rings. The molecule has 3 aromatic heterocycles. The lowest BCUT2D eigenvalue weighted by Gasteiger charge is -2.13. The summed E-state index contributed by atoms with van der Waals surface area (Å²) >= 11 is 0. The van der Waals surface area contributed by atoms with Crippen molar-refractivity contribution in [1.29, 1.82) is 0 Å². The normalized spacial score (nSPS) is 11.6. The zero-order valence-electron chi connectivity index (χ0n) is 26.7. The van der Waals surface area contributed by atoms with Gasteiger partial charge in [-0.3, -0.25) is 0 Å². The molecule has 0 radical (unpaired) electrons. The van der Waals surface area contributed by atoms with Crippen LogP contribution in [0.4, 0.5) is 0 Å². The molecule has 10 rings (SSSR count). The summed E-state index contributed by atoms with van der Waals surface area (Å²) in [5.41, 5.74) is 10.4. The van der Waals surface area contributed by atoms with Gasteiger partial charge in [0.2, 0.25) is 0 Å². The Hall–Kier alpha value is -6.85. The minimum absolute atomic E-state index is 0.606. The lowest BCUT2D eigenvalue weighted by Crippen LogP contribution is -2.00. The highest BCUT2D eigenvalue weighted by Crippen LogP contribution is 2.42. The molecule has 50 heavy (non-hydrogen) atoms. The van der Waals surface area contributed by atoms with Gasteiger partial charge >= 0.3 is 0 Å². The van der Waals surface area contributed by atoms with Gasteiger partial charge in [0.25, 0.3) is 0 Å². The number of rotatable bonds is 5. The predicted molar refractivity (Wildman–Crippen MR) is 202 cm³/mol. The third-order valence-electron chi connectivity index (χ3n) is 9.34. The fourth-order valence-electron chi connectivity index (χ4n) is 6.91. The quantitative estimate of drug-likeness (QED) is 0.187. The van der Waals surface area contributed by atoms with E-state index in [1.807, 2.05) is 91.0 Å². The maximum absolute atomic E-state index is 6.41. The SMILES string of the molecule is c1ccc(-c2nc(-c3ccccc3)nc(-c3cccc(-c4cc5oc6ccccc6c5cc4-c4ccc5c(c4)oc4ccccc45)c3)n2)cc1. The third kappa shape index (κ3) is 4.75. The molecular formula is C45H27N3O2. The Morgan fingerprint density at radius 3 is 1.40 bits per heavy atom. The molecule has 7 aromatic carbocycles. The summed E-state index contributed by atoms with van der Waals surface area (Å²) in [7, 11) is 0. The summed E-state index contributed by atoms with van der Waals surface area (Å²) in [5, 5.41) is 4.36. The van der Waals surface area contributed by atoms with E-state index in [4.69, 9.17) is 23.8 Å². The number of benzene rings is 7. The molecule has 0 aliphatic heterocycles. The fraction of sp³-hybridized carbons (Fsp3) is 0. The predicted octanol–water partition coefficient (Wildman–Crippen LogP) is 12.0. The number of fused-ring (bicyclic) bond motifs is 6. The van der Waals surface area contributed by atoms with Crippen LogP contribution in [0.1, 0.15) is 0 Å². The van der Waals surface area contributed by atoms with Crippen molar-refractivity contribution >= 4 is 43.9 Å². The van der Waals surface area contributed by atoms with Crippen molar-refractivity contribution in [3.05, 3.63) is 164 Å². The zero-order valence-corrected chi connectivity index (χ0v) is 26.7. The number of para-hydroxylation sites is 2. The van der Waals surface area contributed by atoms with E-state index < -0.39 is 0 Å². The second-order valence-corrected chi connectivity index (χ2v) is 12.4. The number of furan rings is 2. The molecule has 0 saturated heterocycles. The molecule has 234 valence electrons. The highest BCUT2D eigenvalue weighted by Gasteiger charge is 2.18. The molecule has 0 N–H and O–H groups in total. The fourth-order valence-corrected chi connectivity index (χ4v) is 6.91. The molecule has 3 heterocycles. The van der Waals surface area contributed by atoms with Crippen molar-refractivity contribution < 1.29 is 8.83 Å². The molecule has 5 nitrogen and oxygen atoms in total. The topological polar surface area (TPSA) is 65.0 Å². The van der Waals surface area contributed by atoms with E-state index in [9.17, 15) is 0 Å². The molecular weight excluding hydrogens is 615 g/mol. The van der Waals surface area contributed by atoms with Gasteiger partial charge in [-0.15, -0.1) is 0 Å². The molecule has 0 aliphatic carbocycles. The van der Waals surface area contributed by atoms with Gasteiger partial charge < -0.3 is 8.83 Å². The van der Waals surface area contributed by atoms with Crippen molar-refractivity contribution in [2.45, 2.75) is 0 Å². The number of hydrogen-bond donors (Lipinski definition) is 0. The highest BCUT2D eigenvalue weighted by atomic mass is 16.3. The van der Waals surface area contributed by atoms with Gasteiger partial charge in [-0.1, -0.05) is 121 Å². The van der Waals surface area contributed by atoms with Crippen molar-refractivity contribution in [3.63, 3.8) is 0 Å². The Balaban J connectivity index is 1.18. The lowest BCUT2D eigenvalue weighted by molar-refractivity contribution is 0.669. The van der Waals surface area contributed by atoms with E-state index in [0.29, 0.717) is 17.5 Å². The van der Waals surface area contributed by atoms with Crippen LogP contribution < -0.4 is 0 Å². The van der Waals surface area contributed by atoms with Crippen molar-refractivity contribution in [1.82, 2.24) is 15.0 Å². The molecule has 5 heteroatoms. The van der Waals surface area contributed by atoms with E-state index in [1.54, 1.807) is 0 Å². The smallest absolute Gasteiger partial charge is 0.164 e. The number of hydrogen-bond acceptors (Lipinski definition) is 5. The Labute approximate surface area is 287 Å². The first-order valence-electron chi connectivity index (χ1n) is 16.6. The monoisotopic (exact) mass is 641 g/mol. The number of nitrogens with zero attached hydrogens (tertiary/aromatic N) is 3. The molecule has 0 saturated carbocycles. The summed E-state index contributed by atoms with van der Waals surface area (Å²) in [6, 6.07) is 55.8. The summed E-state index contributed by atoms with van der Waals surface area (Å²) in [6.07, 6.45) is 0. The van der Waals surface area contributed by atoms with Crippen LogP contribution in [0.15, 0.2) is 173 Å². The molecule has 0 fully saturated rings. The van der Waals surface area contributed by atoms with Crippen molar-refractivity contribution in [2.75, 3.05) is 0 Å². The van der Waals surface area contributed by atoms with Gasteiger partial charge in [0, 0.05) is 38.2 Å². The summed E-state index contributed by atoms with van der Waals surface area (Å²) in [4.78, 5) is 14.9. The maximum Gasteiger partial charge on any atom is 0.164 e. The van der Waals surface area contributed by atoms with E-state index in [2.05, 4.69) is 72.8 Å². The first-order valence-corrected chi connectivity index (χ1v) is 16.6. The first-order chi connectivity index (χ1) is 24.7. The number of aromatic nitrogens is 3. The maximum atomic E-state index is 6.41. The van der Waals surface area contributed by atoms with Crippen LogP contribution in [0.25, 0.3) is 100 Å². The van der Waals surface area contributed by atoms with Gasteiger partial charge in [0.15, 0.2) is 17.5 Å². The molecule has 0 spiro atoms. The van der Waals surface area contributed by atoms with Gasteiger partial charge in [0.1, 0.15) is 22.3 Å². The largest absolute Gasteiger partial charge is 0.456 e. The molecule has 0 atom stereocenters. The van der Waals surface area contributed by atoms with Gasteiger partial charge in [-0.25, -0.2) is 15.0 Å². The minimum atomic E-state index is 0.606. The van der Waals surface area contributed by atoms with Crippen LogP contribution in [0.3, 0.4) is 0 Å². The Morgan fingerprint density at radius 1 is 0.280 bits per heavy atom. The van der Waals surface area contributed by atoms with Crippen molar-refractivity contribution in [3.8, 4) is 56.4 Å². The van der Waals surface area contributed by atoms with Crippen LogP contribution in [0, 0.1) is 0 Å². The standard InChI is InChI=1S/C45H27N3O2/c1-3-12-28(13-4-1)43-46-44(29-14-5-2-6-15-29)48-45(47-43)32-17-11-16-30(24-32)37-27-42-38(34-19-8-10-21-40(34)50-42)26-36(37)31-22-23-35-33-18-7-9-20-39(33)49-41(35)25-31/h1-27H. The Kier molecular flexibility index (Phi) is 6.42. The molecule has 0 amide bonds. The zero-order chi connectivity index (χ0) is 33.0. The molecule has 0 unspecified atom stereocenters. The van der Waals surface area contributed by atoms with E-state index >= 15 is 0 Å². The highest BCUT2D eigenvalue weighted by molar-refractivity contribution is 6.10. The van der Waals surface area contributed by atoms with Crippen molar-refractivity contribution in [2.24, 2.45) is 0 Å². The summed E-state index contributed by atoms with van der Waals surface area (Å²) < 4.78 is 12.7. The van der Waals surface area contributed by atoms with Gasteiger partial charge in [-0.05, 0) is 64.7 Å². The third-order valence-corrected chi connectivity index (χ3v) is 9.34. The molecule has 0 aliphatic rings. The molecule has 0 bridgehead atoms. The average molecular weight is 642 g/mol. The Bertz CT molecular complexity index is 2810.